The van der Waals surface area contributed by atoms with Crippen LogP contribution >= 0.6 is 0 Å². The van der Waals surface area contributed by atoms with E-state index in [0.717, 1.165) is 0 Å². The van der Waals surface area contributed by atoms with Crippen LogP contribution in [0.15, 0.2) is 29.0 Å². The van der Waals surface area contributed by atoms with Gasteiger partial charge < -0.3 is 19.7 Å². The lowest BCUT2D eigenvalue weighted by atomic mass is 10.4. The molecule has 0 saturated carbocycles. The lowest BCUT2D eigenvalue weighted by Gasteiger charge is -2.16. The molecule has 2 amide bonds. The third-order valence-corrected chi connectivity index (χ3v) is 2.69. The molecule has 9 nitrogen and oxygen atoms in total. The Morgan fingerprint density at radius 1 is 1.52 bits per heavy atom. The molecule has 0 fully saturated rings. The molecule has 112 valence electrons. The van der Waals surface area contributed by atoms with Gasteiger partial charge in [0, 0.05) is 13.6 Å². The molecule has 2 rings (SSSR count). The molecule has 0 atom stereocenters. The van der Waals surface area contributed by atoms with E-state index in [1.807, 2.05) is 0 Å². The molecule has 0 spiro atoms. The van der Waals surface area contributed by atoms with Gasteiger partial charge in [-0.15, -0.1) is 5.10 Å². The van der Waals surface area contributed by atoms with Crippen LogP contribution in [0.25, 0.3) is 0 Å². The second kappa shape index (κ2) is 6.55. The SMILES string of the molecule is CN(Cc1ccco1)C(=O)NCCn1cc(C(=O)O)nn1. The van der Waals surface area contributed by atoms with Crippen molar-refractivity contribution < 1.29 is 19.1 Å². The zero-order valence-electron chi connectivity index (χ0n) is 11.4. The van der Waals surface area contributed by atoms with E-state index in [1.165, 1.54) is 15.8 Å². The van der Waals surface area contributed by atoms with Crippen molar-refractivity contribution in [2.24, 2.45) is 0 Å². The Labute approximate surface area is 120 Å². The Morgan fingerprint density at radius 3 is 2.95 bits per heavy atom. The summed E-state index contributed by atoms with van der Waals surface area (Å²) in [4.78, 5) is 23.9. The van der Waals surface area contributed by atoms with Gasteiger partial charge in [0.2, 0.25) is 0 Å². The smallest absolute Gasteiger partial charge is 0.358 e. The summed E-state index contributed by atoms with van der Waals surface area (Å²) in [7, 11) is 1.65. The van der Waals surface area contributed by atoms with Gasteiger partial charge in [0.1, 0.15) is 5.76 Å². The highest BCUT2D eigenvalue weighted by molar-refractivity contribution is 5.84. The van der Waals surface area contributed by atoms with Crippen molar-refractivity contribution in [3.05, 3.63) is 36.0 Å². The Hall–Kier alpha value is -2.84. The first-order chi connectivity index (χ1) is 10.1. The van der Waals surface area contributed by atoms with Crippen molar-refractivity contribution in [2.75, 3.05) is 13.6 Å². The molecule has 0 aliphatic heterocycles. The third-order valence-electron chi connectivity index (χ3n) is 2.69. The molecule has 9 heteroatoms. The van der Waals surface area contributed by atoms with Gasteiger partial charge in [0.25, 0.3) is 0 Å². The Morgan fingerprint density at radius 2 is 2.33 bits per heavy atom. The van der Waals surface area contributed by atoms with Crippen LogP contribution in [0.5, 0.6) is 0 Å². The molecule has 0 aliphatic carbocycles. The van der Waals surface area contributed by atoms with Crippen LogP contribution < -0.4 is 5.32 Å². The number of hydrogen-bond donors (Lipinski definition) is 2. The number of furan rings is 1. The van der Waals surface area contributed by atoms with Crippen molar-refractivity contribution in [3.63, 3.8) is 0 Å². The largest absolute Gasteiger partial charge is 0.476 e. The summed E-state index contributed by atoms with van der Waals surface area (Å²) in [5, 5.41) is 18.5. The van der Waals surface area contributed by atoms with E-state index in [-0.39, 0.29) is 11.7 Å². The van der Waals surface area contributed by atoms with E-state index >= 15 is 0 Å². The maximum atomic E-state index is 11.8. The third kappa shape index (κ3) is 4.06. The van der Waals surface area contributed by atoms with Crippen molar-refractivity contribution in [1.29, 1.82) is 0 Å². The molecule has 2 aromatic heterocycles. The number of hydrogen-bond acceptors (Lipinski definition) is 5. The standard InChI is InChI=1S/C12H15N5O4/c1-16(7-9-3-2-6-21-9)12(20)13-4-5-17-8-10(11(18)19)14-15-17/h2-3,6,8H,4-5,7H2,1H3,(H,13,20)(H,18,19). The molecule has 0 saturated heterocycles. The first kappa shape index (κ1) is 14.6. The average molecular weight is 293 g/mol. The molecule has 2 heterocycles. The van der Waals surface area contributed by atoms with E-state index in [4.69, 9.17) is 9.52 Å². The molecular weight excluding hydrogens is 278 g/mol. The number of urea groups is 1. The first-order valence-corrected chi connectivity index (χ1v) is 6.21. The maximum absolute atomic E-state index is 11.8. The molecule has 0 bridgehead atoms. The monoisotopic (exact) mass is 293 g/mol. The fourth-order valence-corrected chi connectivity index (χ4v) is 1.63. The number of carboxylic acids is 1. The quantitative estimate of drug-likeness (QED) is 0.797. The van der Waals surface area contributed by atoms with Crippen molar-refractivity contribution >= 4 is 12.0 Å². The van der Waals surface area contributed by atoms with Crippen LogP contribution in [0.4, 0.5) is 4.79 Å². The van der Waals surface area contributed by atoms with Gasteiger partial charge in [-0.25, -0.2) is 14.3 Å². The topological polar surface area (TPSA) is 113 Å². The highest BCUT2D eigenvalue weighted by atomic mass is 16.4. The zero-order valence-corrected chi connectivity index (χ0v) is 11.4. The number of rotatable bonds is 6. The Kier molecular flexibility index (Phi) is 4.54. The lowest BCUT2D eigenvalue weighted by Crippen LogP contribution is -2.38. The molecule has 2 N–H and O–H groups in total. The van der Waals surface area contributed by atoms with E-state index in [2.05, 4.69) is 15.6 Å². The highest BCUT2D eigenvalue weighted by Crippen LogP contribution is 2.03. The van der Waals surface area contributed by atoms with Gasteiger partial charge in [-0.1, -0.05) is 5.21 Å². The molecule has 21 heavy (non-hydrogen) atoms. The van der Waals surface area contributed by atoms with Crippen LogP contribution in [-0.4, -0.2) is 50.6 Å². The normalized spacial score (nSPS) is 10.3. The molecule has 2 aromatic rings. The summed E-state index contributed by atoms with van der Waals surface area (Å²) in [5.41, 5.74) is -0.128. The summed E-state index contributed by atoms with van der Waals surface area (Å²) < 4.78 is 6.51. The van der Waals surface area contributed by atoms with E-state index in [1.54, 1.807) is 25.4 Å². The summed E-state index contributed by atoms with van der Waals surface area (Å²) >= 11 is 0. The second-order valence-electron chi connectivity index (χ2n) is 4.34. The van der Waals surface area contributed by atoms with E-state index in [9.17, 15) is 9.59 Å². The summed E-state index contributed by atoms with van der Waals surface area (Å²) in [6.45, 7) is 1.01. The fraction of sp³-hybridized carbons (Fsp3) is 0.333. The Bertz CT molecular complexity index is 607. The second-order valence-corrected chi connectivity index (χ2v) is 4.34. The van der Waals surface area contributed by atoms with Gasteiger partial charge in [-0.05, 0) is 12.1 Å². The predicted molar refractivity (Wildman–Crippen MR) is 70.6 cm³/mol. The van der Waals surface area contributed by atoms with Gasteiger partial charge in [0.15, 0.2) is 5.69 Å². The number of aromatic carboxylic acids is 1. The van der Waals surface area contributed by atoms with Crippen molar-refractivity contribution in [3.8, 4) is 0 Å². The summed E-state index contributed by atoms with van der Waals surface area (Å²) in [5.74, 6) is -0.446. The number of nitrogens with one attached hydrogen (secondary N) is 1. The minimum Gasteiger partial charge on any atom is -0.476 e. The highest BCUT2D eigenvalue weighted by Gasteiger charge is 2.11. The summed E-state index contributed by atoms with van der Waals surface area (Å²) in [6.07, 6.45) is 2.85. The van der Waals surface area contributed by atoms with Crippen LogP contribution in [0.3, 0.4) is 0 Å². The minimum absolute atomic E-state index is 0.128. The van der Waals surface area contributed by atoms with Crippen LogP contribution in [0, 0.1) is 0 Å². The molecule has 0 unspecified atom stereocenters. The lowest BCUT2D eigenvalue weighted by molar-refractivity contribution is 0.0690. The zero-order chi connectivity index (χ0) is 15.2. The van der Waals surface area contributed by atoms with Crippen LogP contribution in [0.2, 0.25) is 0 Å². The van der Waals surface area contributed by atoms with Gasteiger partial charge in [-0.2, -0.15) is 0 Å². The van der Waals surface area contributed by atoms with E-state index in [0.29, 0.717) is 25.4 Å². The average Bonchev–Trinajstić information content (AvgIpc) is 3.09. The number of carboxylic acid groups (broad SMARTS) is 1. The van der Waals surface area contributed by atoms with Crippen LogP contribution in [0.1, 0.15) is 16.2 Å². The van der Waals surface area contributed by atoms with Gasteiger partial charge in [0.05, 0.1) is 25.5 Å². The molecular formula is C12H15N5O4. The van der Waals surface area contributed by atoms with E-state index < -0.39 is 5.97 Å². The molecule has 0 aromatic carbocycles. The van der Waals surface area contributed by atoms with Crippen LogP contribution in [-0.2, 0) is 13.1 Å². The van der Waals surface area contributed by atoms with Crippen molar-refractivity contribution in [2.45, 2.75) is 13.1 Å². The predicted octanol–water partition coefficient (Wildman–Crippen LogP) is 0.411. The number of carbonyl (C=O) groups excluding carboxylic acids is 1. The van der Waals surface area contributed by atoms with Gasteiger partial charge in [-0.3, -0.25) is 0 Å². The number of nitrogens with zero attached hydrogens (tertiary/aromatic N) is 4. The summed E-state index contributed by atoms with van der Waals surface area (Å²) in [6, 6.07) is 3.28. The minimum atomic E-state index is -1.14. The number of aromatic nitrogens is 3. The fourth-order valence-electron chi connectivity index (χ4n) is 1.63. The molecule has 0 radical (unpaired) electrons. The Balaban J connectivity index is 1.74. The maximum Gasteiger partial charge on any atom is 0.358 e. The number of amides is 2. The first-order valence-electron chi connectivity index (χ1n) is 6.21. The van der Waals surface area contributed by atoms with Crippen molar-refractivity contribution in [1.82, 2.24) is 25.2 Å². The van der Waals surface area contributed by atoms with Gasteiger partial charge >= 0.3 is 12.0 Å². The molecule has 0 aliphatic rings. The number of carbonyl (C=O) groups is 2.